The Hall–Kier alpha value is -4.48. The first-order valence-corrected chi connectivity index (χ1v) is 12.1. The first-order chi connectivity index (χ1) is 17.1. The third-order valence-corrected chi connectivity index (χ3v) is 6.75. The summed E-state index contributed by atoms with van der Waals surface area (Å²) in [4.78, 5) is 34.3. The van der Waals surface area contributed by atoms with Crippen LogP contribution in [0, 0.1) is 0 Å². The van der Waals surface area contributed by atoms with Crippen LogP contribution in [-0.4, -0.2) is 42.5 Å². The van der Waals surface area contributed by atoms with Crippen molar-refractivity contribution in [2.75, 3.05) is 5.32 Å². The van der Waals surface area contributed by atoms with Gasteiger partial charge in [0.15, 0.2) is 5.76 Å². The number of carboxylic acid groups (broad SMARTS) is 2. The second kappa shape index (κ2) is 10.0. The van der Waals surface area contributed by atoms with Gasteiger partial charge in [-0.15, -0.1) is 0 Å². The highest BCUT2D eigenvalue weighted by atomic mass is 32.2. The van der Waals surface area contributed by atoms with Crippen molar-refractivity contribution >= 4 is 44.5 Å². The highest BCUT2D eigenvalue weighted by Gasteiger charge is 2.27. The maximum Gasteiger partial charge on any atom is 0.322 e. The van der Waals surface area contributed by atoms with Crippen LogP contribution < -0.4 is 10.0 Å². The van der Waals surface area contributed by atoms with Gasteiger partial charge in [0.2, 0.25) is 10.0 Å². The van der Waals surface area contributed by atoms with E-state index in [1.165, 1.54) is 24.3 Å². The number of sulfonamides is 1. The molecule has 0 bridgehead atoms. The average molecular weight is 509 g/mol. The van der Waals surface area contributed by atoms with Gasteiger partial charge in [0.25, 0.3) is 5.91 Å². The van der Waals surface area contributed by atoms with Crippen molar-refractivity contribution in [2.45, 2.75) is 17.4 Å². The molecule has 184 valence electrons. The first-order valence-electron chi connectivity index (χ1n) is 10.6. The van der Waals surface area contributed by atoms with E-state index in [2.05, 4.69) is 5.32 Å². The predicted octanol–water partition coefficient (Wildman–Crippen LogP) is 3.56. The van der Waals surface area contributed by atoms with Crippen molar-refractivity contribution in [3.63, 3.8) is 0 Å². The van der Waals surface area contributed by atoms with Crippen molar-refractivity contribution in [2.24, 2.45) is 0 Å². The third kappa shape index (κ3) is 5.59. The summed E-state index contributed by atoms with van der Waals surface area (Å²) < 4.78 is 32.4. The van der Waals surface area contributed by atoms with Crippen molar-refractivity contribution < 1.29 is 37.4 Å². The quantitative estimate of drug-likeness (QED) is 0.267. The summed E-state index contributed by atoms with van der Waals surface area (Å²) in [5.41, 5.74) is 2.55. The number of carboxylic acids is 2. The Morgan fingerprint density at radius 2 is 1.47 bits per heavy atom. The maximum atomic E-state index is 12.5. The summed E-state index contributed by atoms with van der Waals surface area (Å²) in [6.45, 7) is 0. The number of benzene rings is 3. The van der Waals surface area contributed by atoms with Crippen LogP contribution in [0.4, 0.5) is 5.69 Å². The fourth-order valence-corrected chi connectivity index (χ4v) is 4.66. The molecule has 0 aliphatic carbocycles. The van der Waals surface area contributed by atoms with Gasteiger partial charge in [-0.1, -0.05) is 42.5 Å². The molecule has 0 radical (unpaired) electrons. The Bertz CT molecular complexity index is 1510. The number of rotatable bonds is 9. The van der Waals surface area contributed by atoms with Gasteiger partial charge >= 0.3 is 11.9 Å². The molecule has 0 aliphatic rings. The number of aliphatic carboxylic acids is 2. The van der Waals surface area contributed by atoms with Crippen LogP contribution in [0.3, 0.4) is 0 Å². The summed E-state index contributed by atoms with van der Waals surface area (Å²) in [6, 6.07) is 19.6. The Balaban J connectivity index is 1.44. The number of nitrogens with one attached hydrogen (secondary N) is 2. The van der Waals surface area contributed by atoms with Gasteiger partial charge in [0.05, 0.1) is 11.3 Å². The molecule has 11 heteroatoms. The van der Waals surface area contributed by atoms with Crippen molar-refractivity contribution in [1.29, 1.82) is 0 Å². The summed E-state index contributed by atoms with van der Waals surface area (Å²) in [7, 11) is -4.26. The molecule has 3 aromatic carbocycles. The fourth-order valence-electron chi connectivity index (χ4n) is 3.47. The van der Waals surface area contributed by atoms with Crippen molar-refractivity contribution in [1.82, 2.24) is 4.72 Å². The molecule has 4 N–H and O–H groups in total. The van der Waals surface area contributed by atoms with E-state index in [9.17, 15) is 22.8 Å². The van der Waals surface area contributed by atoms with Crippen LogP contribution in [0.2, 0.25) is 0 Å². The van der Waals surface area contributed by atoms with E-state index in [1.807, 2.05) is 22.9 Å². The zero-order chi connectivity index (χ0) is 25.9. The average Bonchev–Trinajstić information content (AvgIpc) is 3.28. The zero-order valence-electron chi connectivity index (χ0n) is 18.5. The summed E-state index contributed by atoms with van der Waals surface area (Å²) in [5, 5.41) is 21.4. The predicted molar refractivity (Wildman–Crippen MR) is 130 cm³/mol. The highest BCUT2D eigenvalue weighted by Crippen LogP contribution is 2.24. The largest absolute Gasteiger partial charge is 0.481 e. The van der Waals surface area contributed by atoms with E-state index in [0.29, 0.717) is 16.8 Å². The molecule has 1 amide bonds. The molecule has 0 aliphatic heterocycles. The molecule has 0 saturated heterocycles. The Morgan fingerprint density at radius 3 is 2.06 bits per heavy atom. The lowest BCUT2D eigenvalue weighted by molar-refractivity contribution is -0.145. The van der Waals surface area contributed by atoms with E-state index in [4.69, 9.17) is 14.6 Å². The van der Waals surface area contributed by atoms with Gasteiger partial charge in [0, 0.05) is 11.1 Å². The van der Waals surface area contributed by atoms with Crippen LogP contribution in [0.5, 0.6) is 0 Å². The second-order valence-corrected chi connectivity index (χ2v) is 9.53. The van der Waals surface area contributed by atoms with Crippen molar-refractivity contribution in [3.8, 4) is 11.1 Å². The summed E-state index contributed by atoms with van der Waals surface area (Å²) >= 11 is 0. The number of para-hydroxylation sites is 1. The number of amides is 1. The molecule has 0 fully saturated rings. The molecule has 1 atom stereocenters. The molecule has 4 aromatic rings. The number of furan rings is 1. The number of hydrogen-bond acceptors (Lipinski definition) is 6. The lowest BCUT2D eigenvalue weighted by Crippen LogP contribution is -2.42. The number of carbonyl (C=O) groups excluding carboxylic acids is 1. The Morgan fingerprint density at radius 1 is 0.861 bits per heavy atom. The van der Waals surface area contributed by atoms with Gasteiger partial charge in [-0.3, -0.25) is 14.4 Å². The first kappa shape index (κ1) is 24.6. The number of fused-ring (bicyclic) bond motifs is 1. The topological polar surface area (TPSA) is 163 Å². The van der Waals surface area contributed by atoms with Crippen LogP contribution in [0.15, 0.2) is 88.2 Å². The SMILES string of the molecule is O=C(O)C[C@@H](NS(=O)(=O)c1ccc(-c2ccc(NC(=O)c3cc4ccccc4o3)cc2)cc1)C(=O)O. The number of anilines is 1. The van der Waals surface area contributed by atoms with Crippen LogP contribution in [-0.2, 0) is 19.6 Å². The summed E-state index contributed by atoms with van der Waals surface area (Å²) in [5.74, 6) is -3.26. The molecule has 0 unspecified atom stereocenters. The van der Waals surface area contributed by atoms with Crippen LogP contribution in [0.1, 0.15) is 17.0 Å². The minimum Gasteiger partial charge on any atom is -0.481 e. The van der Waals surface area contributed by atoms with E-state index < -0.39 is 40.3 Å². The smallest absolute Gasteiger partial charge is 0.322 e. The lowest BCUT2D eigenvalue weighted by atomic mass is 10.1. The zero-order valence-corrected chi connectivity index (χ0v) is 19.4. The van der Waals surface area contributed by atoms with Crippen LogP contribution in [0.25, 0.3) is 22.1 Å². The van der Waals surface area contributed by atoms with Gasteiger partial charge in [0.1, 0.15) is 11.6 Å². The number of carbonyl (C=O) groups is 3. The van der Waals surface area contributed by atoms with Gasteiger partial charge in [-0.25, -0.2) is 8.42 Å². The Labute approximate surface area is 205 Å². The lowest BCUT2D eigenvalue weighted by Gasteiger charge is -2.13. The standard InChI is InChI=1S/C25H20N2O8S/c28-23(29)14-20(25(31)32)27-36(33,34)19-11-7-16(8-12-19)15-5-9-18(10-6-15)26-24(30)22-13-17-3-1-2-4-21(17)35-22/h1-13,20,27H,14H2,(H,26,30)(H,28,29)(H,31,32)/t20-/m1/s1. The minimum absolute atomic E-state index is 0.180. The van der Waals surface area contributed by atoms with E-state index in [0.717, 1.165) is 10.9 Å². The van der Waals surface area contributed by atoms with Gasteiger partial charge in [-0.05, 0) is 47.5 Å². The normalized spacial score (nSPS) is 12.2. The molecular weight excluding hydrogens is 488 g/mol. The molecule has 0 saturated carbocycles. The second-order valence-electron chi connectivity index (χ2n) is 7.81. The van der Waals surface area contributed by atoms with Gasteiger partial charge in [-0.2, -0.15) is 4.72 Å². The molecule has 1 heterocycles. The molecular formula is C25H20N2O8S. The minimum atomic E-state index is -4.26. The molecule has 36 heavy (non-hydrogen) atoms. The molecule has 10 nitrogen and oxygen atoms in total. The van der Waals surface area contributed by atoms with Crippen LogP contribution >= 0.6 is 0 Å². The van der Waals surface area contributed by atoms with E-state index in [-0.39, 0.29) is 10.7 Å². The van der Waals surface area contributed by atoms with Crippen molar-refractivity contribution in [3.05, 3.63) is 84.6 Å². The third-order valence-electron chi connectivity index (χ3n) is 5.26. The maximum absolute atomic E-state index is 12.5. The molecule has 0 spiro atoms. The number of hydrogen-bond donors (Lipinski definition) is 4. The molecule has 1 aromatic heterocycles. The Kier molecular flexibility index (Phi) is 6.86. The van der Waals surface area contributed by atoms with E-state index >= 15 is 0 Å². The fraction of sp³-hybridized carbons (Fsp3) is 0.0800. The highest BCUT2D eigenvalue weighted by molar-refractivity contribution is 7.89. The molecule has 4 rings (SSSR count). The van der Waals surface area contributed by atoms with E-state index in [1.54, 1.807) is 36.4 Å². The van der Waals surface area contributed by atoms with Gasteiger partial charge < -0.3 is 19.9 Å². The monoisotopic (exact) mass is 508 g/mol. The summed E-state index contributed by atoms with van der Waals surface area (Å²) in [6.07, 6.45) is -0.897.